The number of carboxylic acids is 2. The number of morpholine rings is 1. The molecule has 3 fully saturated rings. The Morgan fingerprint density at radius 3 is 1.79 bits per heavy atom. The smallest absolute Gasteiger partial charge is 0.349 e. The van der Waals surface area contributed by atoms with Crippen LogP contribution in [0.5, 0.6) is 0 Å². The molecule has 0 saturated carbocycles. The second-order valence-corrected chi connectivity index (χ2v) is 11.2. The van der Waals surface area contributed by atoms with Crippen LogP contribution in [-0.4, -0.2) is 93.9 Å². The predicted molar refractivity (Wildman–Crippen MR) is 147 cm³/mol. The molecule has 38 heavy (non-hydrogen) atoms. The van der Waals surface area contributed by atoms with Crippen LogP contribution in [0, 0.1) is 0 Å². The Balaban J connectivity index is 0.000000363. The van der Waals surface area contributed by atoms with Crippen molar-refractivity contribution < 1.29 is 48.8 Å². The fraction of sp³-hybridized carbons (Fsp3) is 0.480. The van der Waals surface area contributed by atoms with Gasteiger partial charge in [0.15, 0.2) is 0 Å². The first-order valence-electron chi connectivity index (χ1n) is 11.7. The highest BCUT2D eigenvalue weighted by Gasteiger charge is 2.71. The Hall–Kier alpha value is -2.13. The van der Waals surface area contributed by atoms with Crippen LogP contribution < -0.4 is 0 Å². The van der Waals surface area contributed by atoms with Gasteiger partial charge in [-0.15, -0.1) is 39.7 Å². The molecule has 0 radical (unpaired) electrons. The molecular weight excluding hydrogens is 602 g/mol. The predicted octanol–water partition coefficient (Wildman–Crippen LogP) is 2.63. The number of halogens is 1. The van der Waals surface area contributed by atoms with Crippen molar-refractivity contribution in [2.45, 2.75) is 55.8 Å². The standard InChI is InChI=1S/C19H22NO4S2.C4H4O4.C2H6O.BrH/c1-20(2)12-9-11(10-13(20)17-16(12)24-17)23-18(21)19(22,14-5-3-7-25-14)15-6-4-8-26-15;5-3(6)1-2-4(7)8;1-2-3;/h3-8,11-13,16-17,22H,9-10H2,1-2H3;1-2H,(H,5,6)(H,7,8);3H,2H2,1H3;1H/q+1;;;/b;2-1+;;/t11?,12-,13+,16-,17+;;;. The van der Waals surface area contributed by atoms with E-state index >= 15 is 0 Å². The summed E-state index contributed by atoms with van der Waals surface area (Å²) in [5.41, 5.74) is -1.72. The number of thiophene rings is 2. The van der Waals surface area contributed by atoms with Crippen molar-refractivity contribution in [3.8, 4) is 0 Å². The molecule has 3 aliphatic heterocycles. The van der Waals surface area contributed by atoms with Crippen molar-refractivity contribution in [1.82, 2.24) is 0 Å². The highest BCUT2D eigenvalue weighted by molar-refractivity contribution is 8.93. The number of carbonyl (C=O) groups excluding carboxylic acids is 1. The average Bonchev–Trinajstić information content (AvgIpc) is 3.18. The molecule has 0 amide bonds. The summed E-state index contributed by atoms with van der Waals surface area (Å²) in [6.07, 6.45) is 3.17. The molecule has 0 spiro atoms. The largest absolute Gasteiger partial charge is 0.478 e. The van der Waals surface area contributed by atoms with Crippen molar-refractivity contribution >= 4 is 57.6 Å². The molecule has 1 unspecified atom stereocenters. The zero-order valence-electron chi connectivity index (χ0n) is 21.1. The number of rotatable bonds is 6. The minimum atomic E-state index is -1.72. The van der Waals surface area contributed by atoms with Crippen LogP contribution in [0.1, 0.15) is 29.5 Å². The van der Waals surface area contributed by atoms with Gasteiger partial charge in [0.05, 0.1) is 23.8 Å². The number of likely N-dealkylation sites (N-methyl/N-ethyl adjacent to an activating group) is 1. The lowest BCUT2D eigenvalue weighted by molar-refractivity contribution is -0.938. The lowest BCUT2D eigenvalue weighted by atomic mass is 9.95. The maximum absolute atomic E-state index is 13.1. The monoisotopic (exact) mass is 634 g/mol. The fourth-order valence-electron chi connectivity index (χ4n) is 4.97. The third-order valence-electron chi connectivity index (χ3n) is 6.73. The highest BCUT2D eigenvalue weighted by atomic mass is 79.9. The van der Waals surface area contributed by atoms with E-state index in [0.717, 1.165) is 17.3 Å². The summed E-state index contributed by atoms with van der Waals surface area (Å²) in [5, 5.41) is 38.3. The molecule has 0 aliphatic carbocycles. The maximum Gasteiger partial charge on any atom is 0.349 e. The van der Waals surface area contributed by atoms with Crippen molar-refractivity contribution in [3.05, 3.63) is 56.9 Å². The quantitative estimate of drug-likeness (QED) is 0.162. The number of quaternary nitrogens is 1. The van der Waals surface area contributed by atoms with Gasteiger partial charge in [-0.25, -0.2) is 14.4 Å². The Morgan fingerprint density at radius 2 is 1.45 bits per heavy atom. The topological polar surface area (TPSA) is 154 Å². The number of hydrogen-bond donors (Lipinski definition) is 4. The van der Waals surface area contributed by atoms with Gasteiger partial charge in [-0.2, -0.15) is 0 Å². The number of piperidine rings is 1. The molecule has 2 aromatic heterocycles. The number of carboxylic acid groups (broad SMARTS) is 2. The summed E-state index contributed by atoms with van der Waals surface area (Å²) in [6, 6.07) is 8.01. The maximum atomic E-state index is 13.1. The van der Waals surface area contributed by atoms with Gasteiger partial charge in [0.25, 0.3) is 0 Å². The summed E-state index contributed by atoms with van der Waals surface area (Å²) in [6.45, 7) is 1.93. The fourth-order valence-corrected chi connectivity index (χ4v) is 6.69. The molecule has 13 heteroatoms. The van der Waals surface area contributed by atoms with Crippen LogP contribution in [-0.2, 0) is 29.5 Å². The molecule has 210 valence electrons. The van der Waals surface area contributed by atoms with E-state index in [1.165, 1.54) is 22.7 Å². The second kappa shape index (κ2) is 13.3. The van der Waals surface area contributed by atoms with Gasteiger partial charge in [0.1, 0.15) is 30.4 Å². The minimum absolute atomic E-state index is 0. The SMILES string of the molecule is Br.CCO.C[N+]1(C)[C@@H]2CC(OC(=O)C(O)(c3cccs3)c3cccs3)C[C@H]1[C@@H]1O[C@@H]12.O=C(O)/C=C/C(=O)O. The molecule has 0 aromatic carbocycles. The summed E-state index contributed by atoms with van der Waals surface area (Å²) in [5.74, 6) is -3.08. The Bertz CT molecular complexity index is 1030. The Morgan fingerprint density at radius 1 is 1.03 bits per heavy atom. The van der Waals surface area contributed by atoms with E-state index in [-0.39, 0.29) is 29.7 Å². The van der Waals surface area contributed by atoms with Gasteiger partial charge in [0, 0.05) is 31.6 Å². The van der Waals surface area contributed by atoms with Gasteiger partial charge in [0.2, 0.25) is 5.60 Å². The third-order valence-corrected chi connectivity index (χ3v) is 8.69. The van der Waals surface area contributed by atoms with Gasteiger partial charge in [-0.3, -0.25) is 0 Å². The lowest BCUT2D eigenvalue weighted by Gasteiger charge is -2.45. The Labute approximate surface area is 239 Å². The molecule has 3 saturated heterocycles. The van der Waals surface area contributed by atoms with Crippen LogP contribution >= 0.6 is 39.7 Å². The van der Waals surface area contributed by atoms with Gasteiger partial charge in [-0.1, -0.05) is 12.1 Å². The number of carbonyl (C=O) groups is 3. The number of aliphatic hydroxyl groups is 2. The zero-order valence-corrected chi connectivity index (χ0v) is 24.5. The van der Waals surface area contributed by atoms with Crippen LogP contribution in [0.25, 0.3) is 0 Å². The molecule has 10 nitrogen and oxygen atoms in total. The van der Waals surface area contributed by atoms with Crippen LogP contribution in [0.15, 0.2) is 47.2 Å². The second-order valence-electron chi connectivity index (χ2n) is 9.32. The van der Waals surface area contributed by atoms with Crippen LogP contribution in [0.4, 0.5) is 0 Å². The van der Waals surface area contributed by atoms with Crippen molar-refractivity contribution in [1.29, 1.82) is 0 Å². The summed E-state index contributed by atoms with van der Waals surface area (Å²) >= 11 is 2.74. The van der Waals surface area contributed by atoms with E-state index in [0.29, 0.717) is 46.2 Å². The number of epoxide rings is 1. The molecule has 4 N–H and O–H groups in total. The van der Waals surface area contributed by atoms with E-state index in [1.54, 1.807) is 19.1 Å². The van der Waals surface area contributed by atoms with E-state index < -0.39 is 23.5 Å². The van der Waals surface area contributed by atoms with E-state index in [4.69, 9.17) is 24.8 Å². The lowest BCUT2D eigenvalue weighted by Crippen LogP contribution is -2.60. The molecule has 2 aromatic rings. The molecule has 5 atom stereocenters. The third kappa shape index (κ3) is 6.89. The zero-order chi connectivity index (χ0) is 27.4. The van der Waals surface area contributed by atoms with Crippen LogP contribution in [0.3, 0.4) is 0 Å². The normalized spacial score (nSPS) is 26.0. The molecule has 2 bridgehead atoms. The van der Waals surface area contributed by atoms with Gasteiger partial charge >= 0.3 is 17.9 Å². The van der Waals surface area contributed by atoms with E-state index in [9.17, 15) is 19.5 Å². The van der Waals surface area contributed by atoms with Gasteiger partial charge in [-0.05, 0) is 29.8 Å². The summed E-state index contributed by atoms with van der Waals surface area (Å²) in [7, 11) is 4.49. The molecule has 3 aliphatic rings. The number of fused-ring (bicyclic) bond motifs is 5. The van der Waals surface area contributed by atoms with Crippen LogP contribution in [0.2, 0.25) is 0 Å². The number of hydrogen-bond acceptors (Lipinski definition) is 9. The summed E-state index contributed by atoms with van der Waals surface area (Å²) < 4.78 is 12.6. The number of ether oxygens (including phenoxy) is 2. The average molecular weight is 636 g/mol. The summed E-state index contributed by atoms with van der Waals surface area (Å²) in [4.78, 5) is 33.4. The van der Waals surface area contributed by atoms with E-state index in [2.05, 4.69) is 14.1 Å². The number of aliphatic carboxylic acids is 2. The first kappa shape index (κ1) is 32.1. The molecule has 5 rings (SSSR count). The first-order chi connectivity index (χ1) is 17.5. The van der Waals surface area contributed by atoms with Crippen molar-refractivity contribution in [2.75, 3.05) is 20.7 Å². The minimum Gasteiger partial charge on any atom is -0.478 e. The number of aliphatic hydroxyl groups excluding tert-OH is 1. The van der Waals surface area contributed by atoms with Crippen molar-refractivity contribution in [2.24, 2.45) is 0 Å². The van der Waals surface area contributed by atoms with E-state index in [1.807, 2.05) is 22.9 Å². The number of esters is 1. The Kier molecular flexibility index (Phi) is 11.2. The molecule has 5 heterocycles. The van der Waals surface area contributed by atoms with Gasteiger partial charge < -0.3 is 34.4 Å². The first-order valence-corrected chi connectivity index (χ1v) is 13.5. The van der Waals surface area contributed by atoms with Crippen molar-refractivity contribution in [3.63, 3.8) is 0 Å². The molecular formula is C25H33BrNO9S2+. The number of nitrogens with zero attached hydrogens (tertiary/aromatic N) is 1. The highest BCUT2D eigenvalue weighted by Crippen LogP contribution is 2.52.